The number of hydrogen-bond donors (Lipinski definition) is 2. The van der Waals surface area contributed by atoms with Gasteiger partial charge in [0.2, 0.25) is 5.95 Å². The first-order chi connectivity index (χ1) is 7.02. The van der Waals surface area contributed by atoms with Crippen LogP contribution in [0.5, 0.6) is 0 Å². The zero-order valence-corrected chi connectivity index (χ0v) is 8.81. The van der Waals surface area contributed by atoms with E-state index in [2.05, 4.69) is 16.0 Å². The van der Waals surface area contributed by atoms with Crippen molar-refractivity contribution in [3.05, 3.63) is 6.07 Å². The summed E-state index contributed by atoms with van der Waals surface area (Å²) in [6, 6.07) is 3.77. The van der Waals surface area contributed by atoms with E-state index in [4.69, 9.17) is 16.7 Å². The fourth-order valence-electron chi connectivity index (χ4n) is 1.21. The maximum absolute atomic E-state index is 8.68. The largest absolute Gasteiger partial charge is 0.383 e. The highest BCUT2D eigenvalue weighted by molar-refractivity contribution is 5.49. The van der Waals surface area contributed by atoms with Crippen molar-refractivity contribution < 1.29 is 0 Å². The summed E-state index contributed by atoms with van der Waals surface area (Å²) in [5, 5.41) is 8.68. The zero-order valence-electron chi connectivity index (χ0n) is 8.81. The van der Waals surface area contributed by atoms with Gasteiger partial charge in [0.25, 0.3) is 0 Å². The van der Waals surface area contributed by atoms with Gasteiger partial charge in [-0.25, -0.2) is 0 Å². The molecule has 0 spiro atoms. The highest BCUT2D eigenvalue weighted by Gasteiger charge is 2.09. The second-order valence-corrected chi connectivity index (χ2v) is 3.42. The van der Waals surface area contributed by atoms with E-state index in [0.717, 1.165) is 0 Å². The van der Waals surface area contributed by atoms with Crippen LogP contribution in [0.3, 0.4) is 0 Å². The Morgan fingerprint density at radius 1 is 1.53 bits per heavy atom. The number of nitriles is 1. The van der Waals surface area contributed by atoms with Gasteiger partial charge in [-0.05, 0) is 6.92 Å². The lowest BCUT2D eigenvalue weighted by Crippen LogP contribution is -2.24. The average Bonchev–Trinajstić information content (AvgIpc) is 2.16. The number of hydrogen-bond acceptors (Lipinski definition) is 6. The van der Waals surface area contributed by atoms with Crippen molar-refractivity contribution in [2.75, 3.05) is 30.0 Å². The quantitative estimate of drug-likeness (QED) is 0.733. The van der Waals surface area contributed by atoms with Crippen LogP contribution in [-0.4, -0.2) is 23.6 Å². The minimum atomic E-state index is -0.0765. The molecule has 6 nitrogen and oxygen atoms in total. The summed E-state index contributed by atoms with van der Waals surface area (Å²) >= 11 is 0. The van der Waals surface area contributed by atoms with Crippen LogP contribution in [0.4, 0.5) is 17.6 Å². The normalized spacial score (nSPS) is 11.8. The summed E-state index contributed by atoms with van der Waals surface area (Å²) in [5.74, 6) is 1.02. The van der Waals surface area contributed by atoms with Crippen LogP contribution in [0.25, 0.3) is 0 Å². The highest BCUT2D eigenvalue weighted by Crippen LogP contribution is 2.14. The van der Waals surface area contributed by atoms with Crippen molar-refractivity contribution in [1.29, 1.82) is 5.26 Å². The minimum Gasteiger partial charge on any atom is -0.383 e. The molecule has 1 unspecified atom stereocenters. The van der Waals surface area contributed by atoms with Crippen molar-refractivity contribution in [3.8, 4) is 6.07 Å². The number of rotatable bonds is 3. The SMILES string of the molecule is CC(C#N)CN(C)c1cc(N)nc(N)n1. The van der Waals surface area contributed by atoms with E-state index in [0.29, 0.717) is 18.2 Å². The van der Waals surface area contributed by atoms with Crippen molar-refractivity contribution in [3.63, 3.8) is 0 Å². The topological polar surface area (TPSA) is 105 Å². The molecule has 15 heavy (non-hydrogen) atoms. The lowest BCUT2D eigenvalue weighted by atomic mass is 10.2. The van der Waals surface area contributed by atoms with E-state index in [1.807, 2.05) is 18.9 Å². The van der Waals surface area contributed by atoms with E-state index in [1.165, 1.54) is 0 Å². The molecule has 0 bridgehead atoms. The summed E-state index contributed by atoms with van der Waals surface area (Å²) in [5.41, 5.74) is 11.0. The number of anilines is 3. The van der Waals surface area contributed by atoms with Crippen LogP contribution in [0, 0.1) is 17.2 Å². The molecule has 4 N–H and O–H groups in total. The van der Waals surface area contributed by atoms with E-state index < -0.39 is 0 Å². The van der Waals surface area contributed by atoms with Crippen LogP contribution in [0.2, 0.25) is 0 Å². The van der Waals surface area contributed by atoms with Crippen molar-refractivity contribution >= 4 is 17.6 Å². The highest BCUT2D eigenvalue weighted by atomic mass is 15.2. The van der Waals surface area contributed by atoms with E-state index in [-0.39, 0.29) is 11.9 Å². The molecule has 1 aromatic heterocycles. The first-order valence-electron chi connectivity index (χ1n) is 4.53. The molecule has 0 amide bonds. The average molecular weight is 206 g/mol. The molecule has 1 aromatic rings. The molecule has 0 aliphatic heterocycles. The molecule has 0 radical (unpaired) electrons. The molecule has 0 fully saturated rings. The molecule has 1 heterocycles. The number of aromatic nitrogens is 2. The van der Waals surface area contributed by atoms with Crippen molar-refractivity contribution in [2.45, 2.75) is 6.92 Å². The Labute approximate surface area is 88.5 Å². The summed E-state index contributed by atoms with van der Waals surface area (Å²) in [6.45, 7) is 2.41. The van der Waals surface area contributed by atoms with Crippen LogP contribution in [0.1, 0.15) is 6.92 Å². The first kappa shape index (κ1) is 11.0. The van der Waals surface area contributed by atoms with Gasteiger partial charge in [-0.1, -0.05) is 0 Å². The fourth-order valence-corrected chi connectivity index (χ4v) is 1.21. The fraction of sp³-hybridized carbons (Fsp3) is 0.444. The van der Waals surface area contributed by atoms with Gasteiger partial charge in [-0.2, -0.15) is 15.2 Å². The van der Waals surface area contributed by atoms with Gasteiger partial charge in [0, 0.05) is 19.7 Å². The van der Waals surface area contributed by atoms with Crippen molar-refractivity contribution in [2.24, 2.45) is 5.92 Å². The third-order valence-corrected chi connectivity index (χ3v) is 1.91. The second-order valence-electron chi connectivity index (χ2n) is 3.42. The molecular formula is C9H14N6. The van der Waals surface area contributed by atoms with Gasteiger partial charge >= 0.3 is 0 Å². The van der Waals surface area contributed by atoms with Gasteiger partial charge in [-0.15, -0.1) is 0 Å². The van der Waals surface area contributed by atoms with Gasteiger partial charge < -0.3 is 16.4 Å². The Hall–Kier alpha value is -2.03. The molecule has 1 rings (SSSR count). The number of nitrogens with two attached hydrogens (primary N) is 2. The predicted molar refractivity (Wildman–Crippen MR) is 58.9 cm³/mol. The zero-order chi connectivity index (χ0) is 11.4. The Balaban J connectivity index is 2.82. The van der Waals surface area contributed by atoms with Crippen molar-refractivity contribution in [1.82, 2.24) is 9.97 Å². The molecule has 80 valence electrons. The molecule has 6 heteroatoms. The van der Waals surface area contributed by atoms with Gasteiger partial charge in [0.15, 0.2) is 0 Å². The van der Waals surface area contributed by atoms with Gasteiger partial charge in [0.1, 0.15) is 11.6 Å². The van der Waals surface area contributed by atoms with Crippen LogP contribution in [0.15, 0.2) is 6.07 Å². The summed E-state index contributed by atoms with van der Waals surface area (Å²) in [4.78, 5) is 9.61. The van der Waals surface area contributed by atoms with E-state index in [1.54, 1.807) is 6.07 Å². The Kier molecular flexibility index (Phi) is 3.29. The van der Waals surface area contributed by atoms with Crippen LogP contribution in [-0.2, 0) is 0 Å². The summed E-state index contributed by atoms with van der Waals surface area (Å²) in [6.07, 6.45) is 0. The molecular weight excluding hydrogens is 192 g/mol. The van der Waals surface area contributed by atoms with Crippen LogP contribution >= 0.6 is 0 Å². The summed E-state index contributed by atoms with van der Waals surface area (Å²) < 4.78 is 0. The maximum Gasteiger partial charge on any atom is 0.223 e. The monoisotopic (exact) mass is 206 g/mol. The van der Waals surface area contributed by atoms with Gasteiger partial charge in [0.05, 0.1) is 12.0 Å². The third kappa shape index (κ3) is 2.98. The Bertz CT molecular complexity index is 362. The second kappa shape index (κ2) is 4.46. The molecule has 0 aliphatic carbocycles. The predicted octanol–water partition coefficient (Wildman–Crippen LogP) is 0.237. The molecule has 0 aromatic carbocycles. The smallest absolute Gasteiger partial charge is 0.223 e. The molecule has 0 saturated carbocycles. The van der Waals surface area contributed by atoms with Crippen LogP contribution < -0.4 is 16.4 Å². The van der Waals surface area contributed by atoms with E-state index in [9.17, 15) is 0 Å². The Morgan fingerprint density at radius 3 is 2.73 bits per heavy atom. The van der Waals surface area contributed by atoms with E-state index >= 15 is 0 Å². The third-order valence-electron chi connectivity index (χ3n) is 1.91. The number of nitrogen functional groups attached to an aromatic ring is 2. The lowest BCUT2D eigenvalue weighted by molar-refractivity contribution is 0.710. The minimum absolute atomic E-state index is 0.0765. The van der Waals surface area contributed by atoms with Gasteiger partial charge in [-0.3, -0.25) is 0 Å². The first-order valence-corrected chi connectivity index (χ1v) is 4.53. The standard InChI is InChI=1S/C9H14N6/c1-6(4-10)5-15(2)8-3-7(11)13-9(12)14-8/h3,6H,5H2,1-2H3,(H4,11,12,13,14). The summed E-state index contributed by atoms with van der Waals surface area (Å²) in [7, 11) is 1.83. The molecule has 1 atom stereocenters. The molecule has 0 saturated heterocycles. The number of nitrogens with zero attached hydrogens (tertiary/aromatic N) is 4. The Morgan fingerprint density at radius 2 is 2.20 bits per heavy atom. The molecule has 0 aliphatic rings. The maximum atomic E-state index is 8.68. The lowest BCUT2D eigenvalue weighted by Gasteiger charge is -2.19.